The van der Waals surface area contributed by atoms with Gasteiger partial charge in [-0.15, -0.1) is 0 Å². The van der Waals surface area contributed by atoms with Crippen molar-refractivity contribution in [2.45, 2.75) is 158 Å². The van der Waals surface area contributed by atoms with Gasteiger partial charge >= 0.3 is 0 Å². The zero-order valence-electron chi connectivity index (χ0n) is 85.2. The first-order valence-corrected chi connectivity index (χ1v) is 48.3. The number of piperazine rings is 1. The number of rotatable bonds is 20. The molecular weight excluding hydrogens is 1700 g/mol. The Kier molecular flexibility index (Phi) is 39.0. The van der Waals surface area contributed by atoms with E-state index in [9.17, 15) is 4.39 Å². The summed E-state index contributed by atoms with van der Waals surface area (Å²) < 4.78 is 35.6. The number of fused-ring (bicyclic) bond motifs is 1. The highest BCUT2D eigenvalue weighted by atomic mass is 19.1. The van der Waals surface area contributed by atoms with E-state index >= 15 is 0 Å². The number of pyridine rings is 4. The lowest BCUT2D eigenvalue weighted by Crippen LogP contribution is -2.44. The third kappa shape index (κ3) is 29.6. The van der Waals surface area contributed by atoms with Crippen LogP contribution in [0.1, 0.15) is 203 Å². The van der Waals surface area contributed by atoms with Crippen LogP contribution in [0.5, 0.6) is 17.5 Å². The first-order chi connectivity index (χ1) is 66.5. The molecule has 10 aromatic carbocycles. The van der Waals surface area contributed by atoms with Gasteiger partial charge in [0.2, 0.25) is 11.8 Å². The van der Waals surface area contributed by atoms with Gasteiger partial charge in [-0.2, -0.15) is 15.3 Å². The van der Waals surface area contributed by atoms with Gasteiger partial charge in [-0.05, 0) is 210 Å². The second-order valence-corrected chi connectivity index (χ2v) is 37.4. The van der Waals surface area contributed by atoms with Crippen LogP contribution in [0.3, 0.4) is 0 Å². The SMILES string of the molecule is CC(C)c1cccc(-c2ccc(N3CCN(C)CC3)nc2)c1.CC(C)c1cccc(-c2ccc3c(cnn3C)c2)c1.CC(C)c1cccc(-c2ccccc2)c1F.CC(C)c1cccc(-c2ccnn2C)c1.CC(C)c1cccc(-c2cnn(C)c2)c1.COc1cc(-c2cccc(C(C)C)c2)ccn1.COc1ccncc1-c1cccc(C(C)C)c1.COc1ncccc1-c1cccc(C(C)C)c1. The molecule has 714 valence electrons. The molecule has 8 heterocycles. The van der Waals surface area contributed by atoms with Crippen molar-refractivity contribution in [1.82, 2.24) is 54.2 Å². The molecule has 0 radical (unpaired) electrons. The molecule has 0 N–H and O–H groups in total. The Hall–Kier alpha value is -14.2. The van der Waals surface area contributed by atoms with Crippen LogP contribution in [0.15, 0.2) is 341 Å². The average Bonchev–Trinajstić information content (AvgIpc) is 1.66. The quantitative estimate of drug-likeness (QED) is 0.0718. The van der Waals surface area contributed by atoms with Crippen molar-refractivity contribution in [3.8, 4) is 107 Å². The van der Waals surface area contributed by atoms with E-state index < -0.39 is 0 Å². The van der Waals surface area contributed by atoms with Crippen LogP contribution >= 0.6 is 0 Å². The Balaban J connectivity index is 0.000000152. The van der Waals surface area contributed by atoms with E-state index in [0.29, 0.717) is 58.7 Å². The van der Waals surface area contributed by atoms with Gasteiger partial charge in [0.25, 0.3) is 0 Å². The molecule has 18 rings (SSSR count). The van der Waals surface area contributed by atoms with E-state index in [2.05, 4.69) is 349 Å². The molecule has 16 heteroatoms. The summed E-state index contributed by atoms with van der Waals surface area (Å²) in [6.45, 7) is 39.3. The molecule has 1 aliphatic heterocycles. The van der Waals surface area contributed by atoms with Crippen LogP contribution in [0, 0.1) is 5.82 Å². The number of hydrogen-bond donors (Lipinski definition) is 0. The number of aryl methyl sites for hydroxylation is 3. The molecular formula is C122H141FN12O3. The lowest BCUT2D eigenvalue weighted by Gasteiger charge is -2.33. The van der Waals surface area contributed by atoms with Gasteiger partial charge in [0.05, 0.1) is 44.9 Å². The lowest BCUT2D eigenvalue weighted by molar-refractivity contribution is 0.312. The zero-order chi connectivity index (χ0) is 98.9. The molecule has 0 atom stereocenters. The molecule has 138 heavy (non-hydrogen) atoms. The minimum Gasteiger partial charge on any atom is -0.496 e. The van der Waals surface area contributed by atoms with Crippen molar-refractivity contribution in [3.05, 3.63) is 391 Å². The number of anilines is 1. The minimum atomic E-state index is -0.0938. The van der Waals surface area contributed by atoms with Gasteiger partial charge < -0.3 is 24.0 Å². The molecule has 0 saturated carbocycles. The second-order valence-electron chi connectivity index (χ2n) is 37.4. The molecule has 1 saturated heterocycles. The van der Waals surface area contributed by atoms with Gasteiger partial charge in [-0.25, -0.2) is 19.3 Å². The Morgan fingerprint density at radius 2 is 0.761 bits per heavy atom. The smallest absolute Gasteiger partial charge is 0.221 e. The maximum absolute atomic E-state index is 14.2. The molecule has 0 bridgehead atoms. The summed E-state index contributed by atoms with van der Waals surface area (Å²) in [7, 11) is 13.0. The van der Waals surface area contributed by atoms with Crippen LogP contribution in [0.4, 0.5) is 10.2 Å². The lowest BCUT2D eigenvalue weighted by atomic mass is 9.96. The van der Waals surface area contributed by atoms with E-state index in [0.717, 1.165) is 82.4 Å². The normalized spacial score (nSPS) is 11.7. The Morgan fingerprint density at radius 3 is 1.24 bits per heavy atom. The fourth-order valence-electron chi connectivity index (χ4n) is 15.9. The average molecular weight is 1840 g/mol. The van der Waals surface area contributed by atoms with Crippen molar-refractivity contribution < 1.29 is 18.6 Å². The topological polar surface area (TPSA) is 139 Å². The second kappa shape index (κ2) is 51.6. The Labute approximate surface area is 821 Å². The number of likely N-dealkylation sites (N-methyl/N-ethyl adjacent to an activating group) is 1. The first-order valence-electron chi connectivity index (χ1n) is 48.3. The van der Waals surface area contributed by atoms with Gasteiger partial charge in [0.1, 0.15) is 17.4 Å². The number of nitrogens with zero attached hydrogens (tertiary/aromatic N) is 12. The standard InChI is InChI=1S/C19H25N3.C17H18N2.C15H15F.3C15H17NO.2C13H16N2/c1-15(2)16-5-4-6-17(13-16)18-7-8-19(20-14-18)22-11-9-21(3)10-12-22;1-12(2)13-5-4-6-14(9-13)15-7-8-17-16(10-15)11-18-19(17)3;1-11(2)13-9-6-10-14(15(13)16)12-7-4-3-5-8-12;1-11(2)12-6-4-7-13(10-12)14-8-5-9-16-15(14)17-3;1-11(2)12-5-4-6-13(9-12)14-10-16-8-7-15(14)17-3;1-11(2)12-5-4-6-13(9-12)14-7-8-16-15(10-14)17-3;1-10(2)11-5-4-6-12(7-11)13-8-14-15(3)9-13;1-10(2)11-5-4-6-12(9-11)13-7-8-14-15(13)3/h4-8,13-15H,9-12H2,1-3H3;4-12H,1-3H3;3-11H,1-2H3;3*4-11H,1-3H3;2*4-10H,1-3H3. The monoisotopic (exact) mass is 1840 g/mol. The number of ether oxygens (including phenoxy) is 3. The Bertz CT molecular complexity index is 6520. The number of benzene rings is 10. The van der Waals surface area contributed by atoms with E-state index in [1.807, 2.05) is 171 Å². The molecule has 1 fully saturated rings. The van der Waals surface area contributed by atoms with Gasteiger partial charge in [-0.1, -0.05) is 329 Å². The molecule has 0 unspecified atom stereocenters. The summed E-state index contributed by atoms with van der Waals surface area (Å²) in [6, 6.07) is 98.4. The summed E-state index contributed by atoms with van der Waals surface area (Å²) in [5.74, 6) is 7.24. The van der Waals surface area contributed by atoms with E-state index in [4.69, 9.17) is 14.2 Å². The Morgan fingerprint density at radius 1 is 0.297 bits per heavy atom. The van der Waals surface area contributed by atoms with E-state index in [1.54, 1.807) is 39.9 Å². The summed E-state index contributed by atoms with van der Waals surface area (Å²) in [5.41, 5.74) is 29.6. The minimum absolute atomic E-state index is 0.0938. The van der Waals surface area contributed by atoms with Gasteiger partial charge in [-0.3, -0.25) is 19.0 Å². The maximum atomic E-state index is 14.2. The summed E-state index contributed by atoms with van der Waals surface area (Å²) in [6.07, 6.45) is 16.8. The highest BCUT2D eigenvalue weighted by molar-refractivity contribution is 5.85. The molecule has 1 aliphatic rings. The summed E-state index contributed by atoms with van der Waals surface area (Å²) >= 11 is 0. The highest BCUT2D eigenvalue weighted by Gasteiger charge is 2.19. The number of halogens is 1. The van der Waals surface area contributed by atoms with E-state index in [1.165, 1.54) is 94.4 Å². The number of aromatic nitrogens is 10. The number of methoxy groups -OCH3 is 3. The van der Waals surface area contributed by atoms with Gasteiger partial charge in [0, 0.05) is 136 Å². The number of hydrogen-bond acceptors (Lipinski definition) is 12. The summed E-state index contributed by atoms with van der Waals surface area (Å²) in [5, 5.41) is 13.9. The predicted octanol–water partition coefficient (Wildman–Crippen LogP) is 30.7. The molecule has 0 aliphatic carbocycles. The van der Waals surface area contributed by atoms with Crippen molar-refractivity contribution in [2.75, 3.05) is 59.5 Å². The van der Waals surface area contributed by atoms with Crippen LogP contribution in [0.25, 0.3) is 100 Å². The van der Waals surface area contributed by atoms with Crippen molar-refractivity contribution in [1.29, 1.82) is 0 Å². The van der Waals surface area contributed by atoms with E-state index in [-0.39, 0.29) is 11.7 Å². The van der Waals surface area contributed by atoms with Crippen molar-refractivity contribution in [3.63, 3.8) is 0 Å². The fraction of sp³-hybridized carbons (Fsp3) is 0.287. The van der Waals surface area contributed by atoms with Crippen LogP contribution in [-0.4, -0.2) is 109 Å². The largest absolute Gasteiger partial charge is 0.496 e. The third-order valence-corrected chi connectivity index (χ3v) is 24.6. The fourth-order valence-corrected chi connectivity index (χ4v) is 15.9. The highest BCUT2D eigenvalue weighted by Crippen LogP contribution is 2.36. The third-order valence-electron chi connectivity index (χ3n) is 24.6. The van der Waals surface area contributed by atoms with Crippen LogP contribution < -0.4 is 19.1 Å². The van der Waals surface area contributed by atoms with Crippen LogP contribution in [0.2, 0.25) is 0 Å². The molecule has 0 spiro atoms. The van der Waals surface area contributed by atoms with Crippen molar-refractivity contribution >= 4 is 16.7 Å². The molecule has 0 amide bonds. The molecule has 17 aromatic rings. The van der Waals surface area contributed by atoms with Crippen LogP contribution in [-0.2, 0) is 21.1 Å². The molecule has 7 aromatic heterocycles. The molecule has 15 nitrogen and oxygen atoms in total. The first kappa shape index (κ1) is 104. The maximum Gasteiger partial charge on any atom is 0.221 e. The zero-order valence-corrected chi connectivity index (χ0v) is 85.2. The van der Waals surface area contributed by atoms with Gasteiger partial charge in [0.15, 0.2) is 0 Å². The van der Waals surface area contributed by atoms with Crippen molar-refractivity contribution in [2.24, 2.45) is 21.1 Å². The predicted molar refractivity (Wildman–Crippen MR) is 576 cm³/mol. The summed E-state index contributed by atoms with van der Waals surface area (Å²) in [4.78, 5) is 21.9.